The fourth-order valence-electron chi connectivity index (χ4n) is 0.822. The Morgan fingerprint density at radius 3 is 2.55 bits per heavy atom. The molecule has 11 heavy (non-hydrogen) atoms. The van der Waals surface area contributed by atoms with Crippen molar-refractivity contribution in [3.05, 3.63) is 35.9 Å². The van der Waals surface area contributed by atoms with Gasteiger partial charge in [-0.2, -0.15) is 0 Å². The summed E-state index contributed by atoms with van der Waals surface area (Å²) in [5.74, 6) is 0. The van der Waals surface area contributed by atoms with Gasteiger partial charge >= 0.3 is 75.0 Å². The van der Waals surface area contributed by atoms with Crippen molar-refractivity contribution in [2.24, 2.45) is 0 Å². The standard InChI is InChI=1S/C9H11N.Cr/c1-2-10-8-9-6-4-3-5-7-9;/h3-7,10H,8H2,1H3;. The van der Waals surface area contributed by atoms with Crippen LogP contribution in [0.2, 0.25) is 0 Å². The summed E-state index contributed by atoms with van der Waals surface area (Å²) < 4.78 is 1.13. The molecule has 2 heteroatoms. The third-order valence-electron chi connectivity index (χ3n) is 1.38. The summed E-state index contributed by atoms with van der Waals surface area (Å²) in [4.78, 5) is 0. The first kappa shape index (κ1) is 8.68. The van der Waals surface area contributed by atoms with E-state index in [-0.39, 0.29) is 0 Å². The molecule has 0 aromatic heterocycles. The van der Waals surface area contributed by atoms with Gasteiger partial charge in [0.25, 0.3) is 0 Å². The number of hydrogen-bond donors (Lipinski definition) is 1. The minimum absolute atomic E-state index is 0.902. The molecular weight excluding hydrogens is 174 g/mol. The van der Waals surface area contributed by atoms with Crippen LogP contribution in [-0.2, 0) is 22.4 Å². The number of hydrogen-bond acceptors (Lipinski definition) is 1. The number of benzene rings is 1. The van der Waals surface area contributed by atoms with E-state index in [1.165, 1.54) is 5.56 Å². The molecule has 0 aliphatic rings. The molecule has 1 rings (SSSR count). The van der Waals surface area contributed by atoms with Gasteiger partial charge in [0, 0.05) is 0 Å². The van der Waals surface area contributed by atoms with Crippen molar-refractivity contribution in [1.82, 2.24) is 5.32 Å². The van der Waals surface area contributed by atoms with Crippen LogP contribution in [0.5, 0.6) is 0 Å². The Morgan fingerprint density at radius 1 is 1.36 bits per heavy atom. The van der Waals surface area contributed by atoms with Crippen molar-refractivity contribution in [2.45, 2.75) is 13.5 Å². The predicted molar refractivity (Wildman–Crippen MR) is 44.0 cm³/mol. The second-order valence-corrected chi connectivity index (χ2v) is 3.35. The zero-order valence-electron chi connectivity index (χ0n) is 6.50. The third-order valence-corrected chi connectivity index (χ3v) is 1.61. The van der Waals surface area contributed by atoms with Gasteiger partial charge in [-0.15, -0.1) is 0 Å². The van der Waals surface area contributed by atoms with Crippen molar-refractivity contribution < 1.29 is 15.9 Å². The molecule has 0 atom stereocenters. The molecule has 0 saturated heterocycles. The zero-order valence-corrected chi connectivity index (χ0v) is 7.78. The van der Waals surface area contributed by atoms with E-state index >= 15 is 0 Å². The van der Waals surface area contributed by atoms with E-state index in [9.17, 15) is 0 Å². The van der Waals surface area contributed by atoms with E-state index in [0.29, 0.717) is 0 Å². The second kappa shape index (κ2) is 4.46. The summed E-state index contributed by atoms with van der Waals surface area (Å²) in [6.45, 7) is 2.92. The molecule has 1 nitrogen and oxygen atoms in total. The summed E-state index contributed by atoms with van der Waals surface area (Å²) in [6.07, 6.45) is 0. The van der Waals surface area contributed by atoms with E-state index in [1.54, 1.807) is 0 Å². The fourth-order valence-corrected chi connectivity index (χ4v) is 0.935. The molecule has 1 aromatic rings. The summed E-state index contributed by atoms with van der Waals surface area (Å²) >= 11 is 2.92. The molecule has 1 N–H and O–H groups in total. The van der Waals surface area contributed by atoms with Crippen LogP contribution in [0.15, 0.2) is 30.3 Å². The first-order chi connectivity index (χ1) is 5.29. The fraction of sp³-hybridized carbons (Fsp3) is 0.222. The van der Waals surface area contributed by atoms with Gasteiger partial charge in [0.2, 0.25) is 0 Å². The van der Waals surface area contributed by atoms with Crippen molar-refractivity contribution in [1.29, 1.82) is 0 Å². The zero-order chi connectivity index (χ0) is 8.10. The average Bonchev–Trinajstić information content (AvgIpc) is 2.03. The van der Waals surface area contributed by atoms with Crippen LogP contribution in [0.4, 0.5) is 0 Å². The van der Waals surface area contributed by atoms with Gasteiger partial charge in [-0.05, 0) is 0 Å². The van der Waals surface area contributed by atoms with Crippen molar-refractivity contribution >= 4 is 4.50 Å². The summed E-state index contributed by atoms with van der Waals surface area (Å²) in [5, 5.41) is 3.22. The van der Waals surface area contributed by atoms with Crippen LogP contribution in [0.3, 0.4) is 0 Å². The Bertz CT molecular complexity index is 231. The maximum atomic E-state index is 3.22. The maximum absolute atomic E-state index is 3.22. The first-order valence-electron chi connectivity index (χ1n) is 3.57. The Labute approximate surface area is 75.4 Å². The molecule has 58 valence electrons. The van der Waals surface area contributed by atoms with Gasteiger partial charge in [0.1, 0.15) is 0 Å². The number of nitrogens with one attached hydrogen (secondary N) is 1. The minimum atomic E-state index is 0.902. The number of rotatable bonds is 3. The van der Waals surface area contributed by atoms with E-state index in [4.69, 9.17) is 0 Å². The van der Waals surface area contributed by atoms with Crippen molar-refractivity contribution in [3.63, 3.8) is 0 Å². The normalized spacial score (nSPS) is 9.55. The van der Waals surface area contributed by atoms with Gasteiger partial charge in [-0.25, -0.2) is 0 Å². The van der Waals surface area contributed by atoms with E-state index in [1.807, 2.05) is 25.1 Å². The Morgan fingerprint density at radius 2 is 2.00 bits per heavy atom. The Hall–Kier alpha value is -0.418. The summed E-state index contributed by atoms with van der Waals surface area (Å²) in [6, 6.07) is 10.3. The van der Waals surface area contributed by atoms with Crippen LogP contribution in [0.1, 0.15) is 12.5 Å². The molecule has 0 fully saturated rings. The topological polar surface area (TPSA) is 12.0 Å². The summed E-state index contributed by atoms with van der Waals surface area (Å²) in [7, 11) is 0. The van der Waals surface area contributed by atoms with Crippen molar-refractivity contribution in [3.8, 4) is 0 Å². The molecule has 1 aromatic carbocycles. The first-order valence-corrected chi connectivity index (χ1v) is 4.21. The molecule has 0 bridgehead atoms. The molecule has 0 amide bonds. The van der Waals surface area contributed by atoms with Crippen molar-refractivity contribution in [2.75, 3.05) is 0 Å². The van der Waals surface area contributed by atoms with Gasteiger partial charge < -0.3 is 0 Å². The van der Waals surface area contributed by atoms with Gasteiger partial charge in [-0.3, -0.25) is 0 Å². The molecule has 0 spiro atoms. The molecule has 0 unspecified atom stereocenters. The molecule has 0 aliphatic carbocycles. The van der Waals surface area contributed by atoms with Crippen LogP contribution in [-0.4, -0.2) is 4.50 Å². The van der Waals surface area contributed by atoms with Gasteiger partial charge in [-0.1, -0.05) is 0 Å². The predicted octanol–water partition coefficient (Wildman–Crippen LogP) is 1.47. The van der Waals surface area contributed by atoms with Crippen LogP contribution < -0.4 is 5.32 Å². The average molecular weight is 185 g/mol. The van der Waals surface area contributed by atoms with E-state index in [2.05, 4.69) is 33.3 Å². The molecular formula is C9H11CrN. The van der Waals surface area contributed by atoms with E-state index in [0.717, 1.165) is 11.0 Å². The van der Waals surface area contributed by atoms with Crippen LogP contribution in [0.25, 0.3) is 0 Å². The molecule has 0 heterocycles. The van der Waals surface area contributed by atoms with Crippen LogP contribution in [0, 0.1) is 0 Å². The quantitative estimate of drug-likeness (QED) is 0.752. The van der Waals surface area contributed by atoms with Gasteiger partial charge in [0.15, 0.2) is 0 Å². The van der Waals surface area contributed by atoms with E-state index < -0.39 is 0 Å². The summed E-state index contributed by atoms with van der Waals surface area (Å²) in [5.41, 5.74) is 1.31. The third kappa shape index (κ3) is 3.48. The molecule has 0 saturated carbocycles. The SMILES string of the molecule is C[C](=[Cr])NCc1ccccc1. The van der Waals surface area contributed by atoms with Crippen LogP contribution >= 0.6 is 0 Å². The molecule has 0 aliphatic heterocycles. The Balaban J connectivity index is 2.45. The van der Waals surface area contributed by atoms with Gasteiger partial charge in [0.05, 0.1) is 0 Å². The monoisotopic (exact) mass is 185 g/mol. The second-order valence-electron chi connectivity index (χ2n) is 2.40. The molecule has 0 radical (unpaired) electrons. The Kier molecular flexibility index (Phi) is 3.52.